The number of fused-ring (bicyclic) bond motifs is 1. The normalized spacial score (nSPS) is 14.6. The van der Waals surface area contributed by atoms with E-state index in [2.05, 4.69) is 30.5 Å². The summed E-state index contributed by atoms with van der Waals surface area (Å²) < 4.78 is 41.9. The number of hydrogen-bond donors (Lipinski definition) is 3. The van der Waals surface area contributed by atoms with Crippen LogP contribution in [0.15, 0.2) is 40.9 Å². The van der Waals surface area contributed by atoms with Crippen molar-refractivity contribution < 1.29 is 27.9 Å². The summed E-state index contributed by atoms with van der Waals surface area (Å²) in [6.07, 6.45) is 1.28. The number of carbonyl (C=O) groups excluding carboxylic acids is 1. The molecular formula is C28H28F3N7O4S. The number of anilines is 1. The zero-order chi connectivity index (χ0) is 30.9. The van der Waals surface area contributed by atoms with Crippen LogP contribution in [0.4, 0.5) is 23.8 Å². The molecule has 1 saturated heterocycles. The molecule has 1 aliphatic rings. The minimum absolute atomic E-state index is 0.00969. The Hall–Kier alpha value is -4.37. The number of aromatic nitrogens is 4. The summed E-state index contributed by atoms with van der Waals surface area (Å²) in [5.74, 6) is -1.03. The minimum Gasteiger partial charge on any atom is -0.477 e. The molecule has 0 bridgehead atoms. The number of likely N-dealkylation sites (tertiary alicyclic amines) is 1. The fourth-order valence-electron chi connectivity index (χ4n) is 5.01. The molecule has 43 heavy (non-hydrogen) atoms. The molecule has 1 fully saturated rings. The maximum absolute atomic E-state index is 13.4. The number of carboxylic acid groups (broad SMARTS) is 1. The number of nitrogens with zero attached hydrogens (tertiary/aromatic N) is 5. The lowest BCUT2D eigenvalue weighted by Gasteiger charge is -2.29. The van der Waals surface area contributed by atoms with Crippen LogP contribution in [0.3, 0.4) is 0 Å². The molecule has 0 unspecified atom stereocenters. The predicted molar refractivity (Wildman–Crippen MR) is 155 cm³/mol. The van der Waals surface area contributed by atoms with Crippen molar-refractivity contribution >= 4 is 40.1 Å². The molecule has 0 aromatic carbocycles. The quantitative estimate of drug-likeness (QED) is 0.270. The number of thiazole rings is 1. The number of urea groups is 1. The van der Waals surface area contributed by atoms with Crippen LogP contribution in [0.25, 0.3) is 32.7 Å². The lowest BCUT2D eigenvalue weighted by Crippen LogP contribution is -2.32. The van der Waals surface area contributed by atoms with Gasteiger partial charge in [-0.15, -0.1) is 11.3 Å². The molecule has 0 spiro atoms. The first-order valence-corrected chi connectivity index (χ1v) is 14.4. The van der Waals surface area contributed by atoms with Crippen LogP contribution >= 0.6 is 11.3 Å². The van der Waals surface area contributed by atoms with Crippen molar-refractivity contribution in [2.75, 3.05) is 32.0 Å². The molecule has 226 valence electrons. The second-order valence-corrected chi connectivity index (χ2v) is 11.2. The van der Waals surface area contributed by atoms with Crippen molar-refractivity contribution in [1.29, 1.82) is 0 Å². The van der Waals surface area contributed by atoms with Crippen LogP contribution in [-0.2, 0) is 12.7 Å². The third-order valence-corrected chi connectivity index (χ3v) is 8.15. The Morgan fingerprint density at radius 2 is 1.88 bits per heavy atom. The number of halogens is 3. The van der Waals surface area contributed by atoms with Gasteiger partial charge in [0.1, 0.15) is 16.4 Å². The third-order valence-electron chi connectivity index (χ3n) is 7.27. The van der Waals surface area contributed by atoms with E-state index in [9.17, 15) is 32.7 Å². The highest BCUT2D eigenvalue weighted by Crippen LogP contribution is 2.38. The third kappa shape index (κ3) is 6.51. The standard InChI is InChI=1S/C28H28F3N7O4S/c1-3-32-27(42)36-23-9-16(25-35-22(14-43-25)28(29,30)31)18(10-34-23)20-8-17-21(11-33-20)38(13-19(24(17)39)26(40)41)12-15-4-6-37(2)7-5-15/h8-11,13-15H,3-7,12H2,1-2H3,(H,40,41)(H2,32,34,36,42). The molecular weight excluding hydrogens is 587 g/mol. The topological polar surface area (TPSA) is 142 Å². The van der Waals surface area contributed by atoms with E-state index in [0.717, 1.165) is 42.6 Å². The maximum atomic E-state index is 13.4. The van der Waals surface area contributed by atoms with Crippen molar-refractivity contribution in [3.05, 3.63) is 57.6 Å². The van der Waals surface area contributed by atoms with E-state index in [4.69, 9.17) is 0 Å². The Labute approximate surface area is 247 Å². The molecule has 5 heterocycles. The van der Waals surface area contributed by atoms with Crippen LogP contribution in [0.5, 0.6) is 0 Å². The summed E-state index contributed by atoms with van der Waals surface area (Å²) in [6, 6.07) is 2.24. The highest BCUT2D eigenvalue weighted by atomic mass is 32.1. The predicted octanol–water partition coefficient (Wildman–Crippen LogP) is 4.78. The Morgan fingerprint density at radius 1 is 1.14 bits per heavy atom. The van der Waals surface area contributed by atoms with Crippen molar-refractivity contribution in [1.82, 2.24) is 29.7 Å². The molecule has 0 aliphatic carbocycles. The highest BCUT2D eigenvalue weighted by Gasteiger charge is 2.34. The Bertz CT molecular complexity index is 1750. The van der Waals surface area contributed by atoms with Crippen molar-refractivity contribution in [3.63, 3.8) is 0 Å². The van der Waals surface area contributed by atoms with Crippen molar-refractivity contribution in [3.8, 4) is 21.8 Å². The summed E-state index contributed by atoms with van der Waals surface area (Å²) in [5.41, 5.74) is -1.13. The summed E-state index contributed by atoms with van der Waals surface area (Å²) in [7, 11) is 2.04. The molecule has 0 radical (unpaired) electrons. The largest absolute Gasteiger partial charge is 0.477 e. The van der Waals surface area contributed by atoms with Crippen molar-refractivity contribution in [2.24, 2.45) is 5.92 Å². The van der Waals surface area contributed by atoms with Gasteiger partial charge >= 0.3 is 18.2 Å². The van der Waals surface area contributed by atoms with Crippen LogP contribution in [0.2, 0.25) is 0 Å². The summed E-state index contributed by atoms with van der Waals surface area (Å²) in [4.78, 5) is 52.1. The SMILES string of the molecule is CCNC(=O)Nc1cc(-c2nc(C(F)(F)F)cs2)c(-c2cc3c(=O)c(C(=O)O)cn(CC4CCN(C)CC4)c3cn2)cn1. The average molecular weight is 616 g/mol. The lowest BCUT2D eigenvalue weighted by molar-refractivity contribution is -0.140. The first-order valence-electron chi connectivity index (χ1n) is 13.5. The van der Waals surface area contributed by atoms with Gasteiger partial charge in [0.2, 0.25) is 5.43 Å². The monoisotopic (exact) mass is 615 g/mol. The number of nitrogens with one attached hydrogen (secondary N) is 2. The number of pyridine rings is 3. The average Bonchev–Trinajstić information content (AvgIpc) is 3.47. The van der Waals surface area contributed by atoms with Gasteiger partial charge in [-0.05, 0) is 58.0 Å². The molecule has 15 heteroatoms. The lowest BCUT2D eigenvalue weighted by atomic mass is 9.96. The van der Waals surface area contributed by atoms with Gasteiger partial charge in [0.05, 0.1) is 22.8 Å². The summed E-state index contributed by atoms with van der Waals surface area (Å²) in [5, 5.41) is 15.8. The van der Waals surface area contributed by atoms with Gasteiger partial charge in [-0.3, -0.25) is 15.1 Å². The molecule has 2 amide bonds. The molecule has 0 atom stereocenters. The number of carbonyl (C=O) groups is 2. The number of rotatable bonds is 7. The maximum Gasteiger partial charge on any atom is 0.434 e. The second-order valence-electron chi connectivity index (χ2n) is 10.3. The highest BCUT2D eigenvalue weighted by molar-refractivity contribution is 7.13. The van der Waals surface area contributed by atoms with E-state index in [1.165, 1.54) is 30.7 Å². The van der Waals surface area contributed by atoms with Gasteiger partial charge in [-0.25, -0.2) is 19.6 Å². The molecule has 11 nitrogen and oxygen atoms in total. The van der Waals surface area contributed by atoms with Crippen LogP contribution < -0.4 is 16.1 Å². The smallest absolute Gasteiger partial charge is 0.434 e. The van der Waals surface area contributed by atoms with Crippen molar-refractivity contribution in [2.45, 2.75) is 32.5 Å². The van der Waals surface area contributed by atoms with Gasteiger partial charge in [-0.2, -0.15) is 13.2 Å². The first-order chi connectivity index (χ1) is 20.4. The molecule has 4 aromatic rings. The van der Waals surface area contributed by atoms with Crippen LogP contribution in [0, 0.1) is 5.92 Å². The van der Waals surface area contributed by atoms with Gasteiger partial charge in [-0.1, -0.05) is 0 Å². The van der Waals surface area contributed by atoms with Gasteiger partial charge in [0.25, 0.3) is 0 Å². The Kier molecular flexibility index (Phi) is 8.46. The molecule has 3 N–H and O–H groups in total. The number of amides is 2. The number of alkyl halides is 3. The van der Waals surface area contributed by atoms with Gasteiger partial charge in [0, 0.05) is 42.0 Å². The molecule has 5 rings (SSSR count). The van der Waals surface area contributed by atoms with Crippen LogP contribution in [0.1, 0.15) is 35.8 Å². The Morgan fingerprint density at radius 3 is 2.53 bits per heavy atom. The fourth-order valence-corrected chi connectivity index (χ4v) is 5.87. The van der Waals surface area contributed by atoms with E-state index >= 15 is 0 Å². The van der Waals surface area contributed by atoms with Crippen LogP contribution in [-0.4, -0.2) is 68.2 Å². The van der Waals surface area contributed by atoms with Gasteiger partial charge in [0.15, 0.2) is 5.69 Å². The number of aromatic carboxylic acids is 1. The van der Waals surface area contributed by atoms with E-state index in [1.54, 1.807) is 11.5 Å². The zero-order valence-electron chi connectivity index (χ0n) is 23.2. The number of hydrogen-bond acceptors (Lipinski definition) is 8. The Balaban J connectivity index is 1.63. The minimum atomic E-state index is -4.67. The summed E-state index contributed by atoms with van der Waals surface area (Å²) >= 11 is 0.749. The van der Waals surface area contributed by atoms with Gasteiger partial charge < -0.3 is 19.9 Å². The number of piperidine rings is 1. The van der Waals surface area contributed by atoms with E-state index in [0.29, 0.717) is 18.6 Å². The first kappa shape index (κ1) is 30.1. The zero-order valence-corrected chi connectivity index (χ0v) is 24.1. The second kappa shape index (κ2) is 12.1. The molecule has 4 aromatic heterocycles. The molecule has 1 aliphatic heterocycles. The van der Waals surface area contributed by atoms with E-state index in [-0.39, 0.29) is 39.0 Å². The molecule has 0 saturated carbocycles. The number of carboxylic acids is 1. The fraction of sp³-hybridized carbons (Fsp3) is 0.357. The van der Waals surface area contributed by atoms with E-state index in [1.807, 2.05) is 7.05 Å². The summed E-state index contributed by atoms with van der Waals surface area (Å²) in [6.45, 7) is 4.37. The van der Waals surface area contributed by atoms with E-state index < -0.39 is 34.9 Å².